The number of carbonyl (C=O) groups is 3. The van der Waals surface area contributed by atoms with Crippen LogP contribution >= 0.6 is 11.6 Å². The molecule has 1 N–H and O–H groups in total. The first-order valence-corrected chi connectivity index (χ1v) is 11.8. The van der Waals surface area contributed by atoms with Crippen LogP contribution in [0.2, 0.25) is 5.02 Å². The van der Waals surface area contributed by atoms with Crippen LogP contribution in [0.5, 0.6) is 0 Å². The maximum Gasteiger partial charge on any atom is 0.243 e. The minimum absolute atomic E-state index is 0.000638. The van der Waals surface area contributed by atoms with E-state index in [1.807, 2.05) is 43.3 Å². The Morgan fingerprint density at radius 3 is 2.60 bits per heavy atom. The van der Waals surface area contributed by atoms with Crippen molar-refractivity contribution < 1.29 is 18.8 Å². The highest BCUT2D eigenvalue weighted by atomic mass is 35.5. The molecule has 0 radical (unpaired) electrons. The Bertz CT molecular complexity index is 1290. The smallest absolute Gasteiger partial charge is 0.243 e. The van der Waals surface area contributed by atoms with Gasteiger partial charge in [0.15, 0.2) is 5.78 Å². The maximum atomic E-state index is 14.2. The summed E-state index contributed by atoms with van der Waals surface area (Å²) in [5, 5.41) is 3.55. The van der Waals surface area contributed by atoms with E-state index >= 15 is 0 Å². The number of likely N-dealkylation sites (N-methyl/N-ethyl adjacent to an activating group) is 1. The van der Waals surface area contributed by atoms with Crippen LogP contribution in [0.1, 0.15) is 29.3 Å². The zero-order valence-corrected chi connectivity index (χ0v) is 20.7. The second kappa shape index (κ2) is 10.2. The van der Waals surface area contributed by atoms with Crippen LogP contribution in [0, 0.1) is 5.82 Å². The summed E-state index contributed by atoms with van der Waals surface area (Å²) in [6, 6.07) is 11.4. The van der Waals surface area contributed by atoms with Crippen molar-refractivity contribution in [2.24, 2.45) is 0 Å². The number of ketones is 1. The van der Waals surface area contributed by atoms with Crippen molar-refractivity contribution >= 4 is 40.1 Å². The van der Waals surface area contributed by atoms with Crippen LogP contribution in [-0.2, 0) is 22.7 Å². The predicted molar refractivity (Wildman–Crippen MR) is 133 cm³/mol. The molecule has 1 aliphatic rings. The number of hydrogen-bond donors (Lipinski definition) is 1. The number of nitrogens with zero attached hydrogens (tertiary/aromatic N) is 3. The van der Waals surface area contributed by atoms with Crippen LogP contribution in [0.15, 0.2) is 48.7 Å². The van der Waals surface area contributed by atoms with Crippen LogP contribution in [-0.4, -0.2) is 64.7 Å². The molecule has 4 rings (SSSR count). The molecule has 0 spiro atoms. The zero-order valence-electron chi connectivity index (χ0n) is 19.9. The first kappa shape index (κ1) is 24.9. The summed E-state index contributed by atoms with van der Waals surface area (Å²) in [6.07, 6.45) is 2.16. The minimum Gasteiger partial charge on any atom is -0.350 e. The fourth-order valence-corrected chi connectivity index (χ4v) is 4.79. The number of amides is 2. The Morgan fingerprint density at radius 1 is 1.14 bits per heavy atom. The topological polar surface area (TPSA) is 74.7 Å². The Balaban J connectivity index is 1.54. The maximum absolute atomic E-state index is 14.2. The number of carbonyl (C=O) groups excluding carboxylic acids is 3. The monoisotopic (exact) mass is 498 g/mol. The molecule has 35 heavy (non-hydrogen) atoms. The summed E-state index contributed by atoms with van der Waals surface area (Å²) in [5.41, 5.74) is 1.62. The number of fused-ring (bicyclic) bond motifs is 1. The molecule has 0 unspecified atom stereocenters. The molecule has 0 saturated carbocycles. The summed E-state index contributed by atoms with van der Waals surface area (Å²) in [5.74, 6) is -1.21. The third-order valence-electron chi connectivity index (χ3n) is 6.59. The lowest BCUT2D eigenvalue weighted by molar-refractivity contribution is -0.138. The van der Waals surface area contributed by atoms with Crippen LogP contribution < -0.4 is 5.32 Å². The van der Waals surface area contributed by atoms with Crippen LogP contribution in [0.25, 0.3) is 10.9 Å². The van der Waals surface area contributed by atoms with Gasteiger partial charge in [0, 0.05) is 47.4 Å². The lowest BCUT2D eigenvalue weighted by Gasteiger charge is -2.24. The number of likely N-dealkylation sites (tertiary alicyclic amines) is 1. The Morgan fingerprint density at radius 2 is 1.89 bits per heavy atom. The standard InChI is InChI=1S/C26H28ClFN4O3/c1-16(33)20-14-31(22-10-5-4-8-19(20)22)15-24(34)32-13-18(30(2)3)11-23(32)26(35)29-12-17-7-6-9-21(27)25(17)28/h4-10,14,18,23H,11-13,15H2,1-3H3,(H,29,35)/t18-,23-/m0/s1. The number of para-hydroxylation sites is 1. The number of rotatable bonds is 7. The van der Waals surface area contributed by atoms with E-state index in [4.69, 9.17) is 11.6 Å². The SMILES string of the molecule is CC(=O)c1cn(CC(=O)N2C[C@@H](N(C)C)C[C@H]2C(=O)NCc2cccc(Cl)c2F)c2ccccc12. The fourth-order valence-electron chi connectivity index (χ4n) is 4.59. The van der Waals surface area contributed by atoms with Gasteiger partial charge in [0.25, 0.3) is 0 Å². The van der Waals surface area contributed by atoms with Crippen molar-refractivity contribution in [2.75, 3.05) is 20.6 Å². The van der Waals surface area contributed by atoms with Crippen LogP contribution in [0.4, 0.5) is 4.39 Å². The first-order valence-electron chi connectivity index (χ1n) is 11.4. The molecule has 184 valence electrons. The lowest BCUT2D eigenvalue weighted by Crippen LogP contribution is -2.46. The van der Waals surface area contributed by atoms with Gasteiger partial charge in [-0.3, -0.25) is 14.4 Å². The number of halogens is 2. The number of Topliss-reactive ketones (excluding diaryl/α,β-unsaturated/α-hetero) is 1. The van der Waals surface area contributed by atoms with Crippen molar-refractivity contribution in [2.45, 2.75) is 38.5 Å². The van der Waals surface area contributed by atoms with Gasteiger partial charge in [0.1, 0.15) is 18.4 Å². The van der Waals surface area contributed by atoms with E-state index in [9.17, 15) is 18.8 Å². The van der Waals surface area contributed by atoms with E-state index in [2.05, 4.69) is 5.32 Å². The number of aromatic nitrogens is 1. The van der Waals surface area contributed by atoms with Crippen molar-refractivity contribution in [1.82, 2.24) is 19.7 Å². The number of nitrogens with one attached hydrogen (secondary N) is 1. The Kier molecular flexibility index (Phi) is 7.23. The molecule has 1 aromatic heterocycles. The summed E-state index contributed by atoms with van der Waals surface area (Å²) in [4.78, 5) is 42.2. The molecule has 7 nitrogen and oxygen atoms in total. The van der Waals surface area contributed by atoms with Crippen molar-refractivity contribution in [3.63, 3.8) is 0 Å². The average Bonchev–Trinajstić information content (AvgIpc) is 3.43. The molecule has 0 aliphatic carbocycles. The second-order valence-electron chi connectivity index (χ2n) is 9.09. The molecule has 2 amide bonds. The molecular formula is C26H28ClFN4O3. The van der Waals surface area contributed by atoms with Gasteiger partial charge in [-0.25, -0.2) is 4.39 Å². The van der Waals surface area contributed by atoms with Gasteiger partial charge in [0.05, 0.1) is 5.02 Å². The molecule has 0 bridgehead atoms. The quantitative estimate of drug-likeness (QED) is 0.506. The summed E-state index contributed by atoms with van der Waals surface area (Å²) < 4.78 is 16.0. The third-order valence-corrected chi connectivity index (χ3v) is 6.88. The van der Waals surface area contributed by atoms with Gasteiger partial charge < -0.3 is 19.7 Å². The molecule has 2 heterocycles. The summed E-state index contributed by atoms with van der Waals surface area (Å²) in [7, 11) is 3.82. The van der Waals surface area contributed by atoms with Crippen LogP contribution in [0.3, 0.4) is 0 Å². The molecule has 9 heteroatoms. The average molecular weight is 499 g/mol. The molecular weight excluding hydrogens is 471 g/mol. The highest BCUT2D eigenvalue weighted by Gasteiger charge is 2.40. The van der Waals surface area contributed by atoms with E-state index in [0.717, 1.165) is 10.9 Å². The lowest BCUT2D eigenvalue weighted by atomic mass is 10.1. The number of hydrogen-bond acceptors (Lipinski definition) is 4. The fraction of sp³-hybridized carbons (Fsp3) is 0.346. The summed E-state index contributed by atoms with van der Waals surface area (Å²) in [6.45, 7) is 1.87. The van der Waals surface area contributed by atoms with Crippen molar-refractivity contribution in [1.29, 1.82) is 0 Å². The van der Waals surface area contributed by atoms with Gasteiger partial charge in [-0.1, -0.05) is 41.9 Å². The van der Waals surface area contributed by atoms with E-state index in [1.165, 1.54) is 13.0 Å². The normalized spacial score (nSPS) is 17.8. The van der Waals surface area contributed by atoms with Gasteiger partial charge in [-0.05, 0) is 39.6 Å². The first-order chi connectivity index (χ1) is 16.7. The molecule has 2 aromatic carbocycles. The van der Waals surface area contributed by atoms with E-state index in [-0.39, 0.29) is 47.3 Å². The van der Waals surface area contributed by atoms with E-state index in [1.54, 1.807) is 27.8 Å². The highest BCUT2D eigenvalue weighted by molar-refractivity contribution is 6.30. The van der Waals surface area contributed by atoms with Gasteiger partial charge >= 0.3 is 0 Å². The minimum atomic E-state index is -0.689. The molecule has 1 saturated heterocycles. The number of benzene rings is 2. The van der Waals surface area contributed by atoms with Crippen molar-refractivity contribution in [3.8, 4) is 0 Å². The second-order valence-corrected chi connectivity index (χ2v) is 9.50. The summed E-state index contributed by atoms with van der Waals surface area (Å²) >= 11 is 5.85. The zero-order chi connectivity index (χ0) is 25.3. The molecule has 2 atom stereocenters. The molecule has 1 fully saturated rings. The molecule has 3 aromatic rings. The third kappa shape index (κ3) is 5.09. The predicted octanol–water partition coefficient (Wildman–Crippen LogP) is 3.48. The van der Waals surface area contributed by atoms with E-state index in [0.29, 0.717) is 18.5 Å². The highest BCUT2D eigenvalue weighted by Crippen LogP contribution is 2.25. The van der Waals surface area contributed by atoms with Gasteiger partial charge in [0.2, 0.25) is 11.8 Å². The largest absolute Gasteiger partial charge is 0.350 e. The Hall–Kier alpha value is -3.23. The Labute approximate surface area is 208 Å². The van der Waals surface area contributed by atoms with E-state index < -0.39 is 11.9 Å². The van der Waals surface area contributed by atoms with Gasteiger partial charge in [-0.15, -0.1) is 0 Å². The molecule has 1 aliphatic heterocycles. The van der Waals surface area contributed by atoms with Gasteiger partial charge in [-0.2, -0.15) is 0 Å². The van der Waals surface area contributed by atoms with Crippen molar-refractivity contribution in [3.05, 3.63) is 70.6 Å².